The monoisotopic (exact) mass is 286 g/mol. The first-order valence-electron chi connectivity index (χ1n) is 7.78. The first-order valence-corrected chi connectivity index (χ1v) is 7.78. The fraction of sp³-hybridized carbons (Fsp3) is 0.529. The molecule has 112 valence electrons. The number of aromatic nitrogens is 1. The van der Waals surface area contributed by atoms with Gasteiger partial charge in [-0.3, -0.25) is 9.78 Å². The van der Waals surface area contributed by atoms with Gasteiger partial charge < -0.3 is 9.64 Å². The minimum absolute atomic E-state index is 0.138. The Balaban J connectivity index is 1.50. The number of pyridine rings is 1. The van der Waals surface area contributed by atoms with Crippen molar-refractivity contribution in [2.75, 3.05) is 13.1 Å². The molecule has 0 N–H and O–H groups in total. The summed E-state index contributed by atoms with van der Waals surface area (Å²) >= 11 is 0. The molecule has 0 aromatic carbocycles. The first kappa shape index (κ1) is 14.3. The summed E-state index contributed by atoms with van der Waals surface area (Å²) in [5.41, 5.74) is 0.945. The first-order chi connectivity index (χ1) is 10.3. The van der Waals surface area contributed by atoms with Crippen molar-refractivity contribution in [1.29, 1.82) is 0 Å². The van der Waals surface area contributed by atoms with Gasteiger partial charge >= 0.3 is 0 Å². The van der Waals surface area contributed by atoms with Gasteiger partial charge in [-0.05, 0) is 37.8 Å². The summed E-state index contributed by atoms with van der Waals surface area (Å²) < 4.78 is 5.94. The molecule has 0 saturated carbocycles. The summed E-state index contributed by atoms with van der Waals surface area (Å²) in [5.74, 6) is 0.464. The Morgan fingerprint density at radius 3 is 2.95 bits per heavy atom. The van der Waals surface area contributed by atoms with E-state index in [9.17, 15) is 4.79 Å². The van der Waals surface area contributed by atoms with Crippen molar-refractivity contribution in [2.45, 2.75) is 38.4 Å². The maximum absolute atomic E-state index is 12.4. The Kier molecular flexibility index (Phi) is 4.65. The predicted molar refractivity (Wildman–Crippen MR) is 80.5 cm³/mol. The number of nitrogens with zero attached hydrogens (tertiary/aromatic N) is 2. The van der Waals surface area contributed by atoms with Crippen LogP contribution in [0.1, 0.15) is 31.4 Å². The van der Waals surface area contributed by atoms with Gasteiger partial charge in [0.1, 0.15) is 0 Å². The number of allylic oxidation sites excluding steroid dienone is 2. The van der Waals surface area contributed by atoms with Crippen molar-refractivity contribution in [3.8, 4) is 0 Å². The fourth-order valence-electron chi connectivity index (χ4n) is 3.04. The van der Waals surface area contributed by atoms with Gasteiger partial charge in [-0.1, -0.05) is 18.2 Å². The summed E-state index contributed by atoms with van der Waals surface area (Å²) in [4.78, 5) is 18.7. The van der Waals surface area contributed by atoms with E-state index in [1.54, 1.807) is 6.20 Å². The fourth-order valence-corrected chi connectivity index (χ4v) is 3.04. The number of rotatable bonds is 4. The maximum Gasteiger partial charge on any atom is 0.226 e. The Labute approximate surface area is 125 Å². The molecule has 1 aliphatic heterocycles. The number of piperidine rings is 1. The highest BCUT2D eigenvalue weighted by molar-refractivity contribution is 5.79. The minimum Gasteiger partial charge on any atom is -0.370 e. The van der Waals surface area contributed by atoms with Crippen molar-refractivity contribution in [2.24, 2.45) is 5.92 Å². The van der Waals surface area contributed by atoms with Gasteiger partial charge in [-0.15, -0.1) is 0 Å². The Morgan fingerprint density at radius 2 is 2.19 bits per heavy atom. The number of carbonyl (C=O) groups excluding carboxylic acids is 1. The lowest BCUT2D eigenvalue weighted by Gasteiger charge is -2.34. The molecule has 4 heteroatoms. The van der Waals surface area contributed by atoms with E-state index >= 15 is 0 Å². The molecule has 3 rings (SSSR count). The minimum atomic E-state index is 0.138. The third-order valence-electron chi connectivity index (χ3n) is 4.24. The molecule has 1 amide bonds. The van der Waals surface area contributed by atoms with Crippen LogP contribution in [0.4, 0.5) is 0 Å². The molecule has 0 spiro atoms. The predicted octanol–water partition coefficient (Wildman–Crippen LogP) is 2.56. The van der Waals surface area contributed by atoms with Crippen LogP contribution < -0.4 is 0 Å². The lowest BCUT2D eigenvalue weighted by molar-refractivity contribution is -0.139. The van der Waals surface area contributed by atoms with Crippen LogP contribution in [0.3, 0.4) is 0 Å². The van der Waals surface area contributed by atoms with Crippen LogP contribution in [0.15, 0.2) is 36.5 Å². The van der Waals surface area contributed by atoms with Crippen molar-refractivity contribution in [3.63, 3.8) is 0 Å². The van der Waals surface area contributed by atoms with Crippen molar-refractivity contribution in [1.82, 2.24) is 9.88 Å². The van der Waals surface area contributed by atoms with Gasteiger partial charge in [0, 0.05) is 25.2 Å². The number of hydrogen-bond acceptors (Lipinski definition) is 3. The number of ether oxygens (including phenoxy) is 1. The van der Waals surface area contributed by atoms with Crippen LogP contribution >= 0.6 is 0 Å². The molecule has 2 aliphatic rings. The van der Waals surface area contributed by atoms with E-state index in [4.69, 9.17) is 4.74 Å². The van der Waals surface area contributed by atoms with E-state index in [1.807, 2.05) is 23.1 Å². The number of carbonyl (C=O) groups is 1. The Hall–Kier alpha value is -1.68. The van der Waals surface area contributed by atoms with Crippen molar-refractivity contribution in [3.05, 3.63) is 42.2 Å². The molecule has 21 heavy (non-hydrogen) atoms. The van der Waals surface area contributed by atoms with Crippen LogP contribution in [-0.4, -0.2) is 35.0 Å². The lowest BCUT2D eigenvalue weighted by atomic mass is 10.0. The van der Waals surface area contributed by atoms with Crippen LogP contribution in [-0.2, 0) is 16.1 Å². The summed E-state index contributed by atoms with van der Waals surface area (Å²) in [5, 5.41) is 0. The van der Waals surface area contributed by atoms with Gasteiger partial charge in [0.25, 0.3) is 0 Å². The molecule has 0 radical (unpaired) electrons. The van der Waals surface area contributed by atoms with Crippen LogP contribution in [0.2, 0.25) is 0 Å². The van der Waals surface area contributed by atoms with Crippen molar-refractivity contribution >= 4 is 5.91 Å². The average molecular weight is 286 g/mol. The topological polar surface area (TPSA) is 42.4 Å². The molecule has 1 aromatic rings. The SMILES string of the molecule is O=C(C1CC=CC1)N1CCCC(OCc2ccccn2)C1. The maximum atomic E-state index is 12.4. The van der Waals surface area contributed by atoms with E-state index in [0.29, 0.717) is 12.5 Å². The van der Waals surface area contributed by atoms with E-state index in [-0.39, 0.29) is 12.0 Å². The molecule has 4 nitrogen and oxygen atoms in total. The zero-order valence-electron chi connectivity index (χ0n) is 12.3. The molecular weight excluding hydrogens is 264 g/mol. The second kappa shape index (κ2) is 6.85. The molecule has 2 heterocycles. The quantitative estimate of drug-likeness (QED) is 0.799. The van der Waals surface area contributed by atoms with Gasteiger partial charge in [0.15, 0.2) is 0 Å². The summed E-state index contributed by atoms with van der Waals surface area (Å²) in [6.07, 6.45) is 9.99. The molecule has 1 aromatic heterocycles. The summed E-state index contributed by atoms with van der Waals surface area (Å²) in [6.45, 7) is 2.12. The van der Waals surface area contributed by atoms with Gasteiger partial charge in [-0.25, -0.2) is 0 Å². The third kappa shape index (κ3) is 3.70. The van der Waals surface area contributed by atoms with Crippen molar-refractivity contribution < 1.29 is 9.53 Å². The number of likely N-dealkylation sites (tertiary alicyclic amines) is 1. The molecular formula is C17H22N2O2. The highest BCUT2D eigenvalue weighted by atomic mass is 16.5. The normalized spacial score (nSPS) is 22.7. The number of amides is 1. The zero-order valence-corrected chi connectivity index (χ0v) is 12.3. The van der Waals surface area contributed by atoms with Crippen LogP contribution in [0, 0.1) is 5.92 Å². The van der Waals surface area contributed by atoms with Gasteiger partial charge in [0.05, 0.1) is 18.4 Å². The summed E-state index contributed by atoms with van der Waals surface area (Å²) in [7, 11) is 0. The molecule has 1 aliphatic carbocycles. The number of hydrogen-bond donors (Lipinski definition) is 0. The molecule has 1 unspecified atom stereocenters. The van der Waals surface area contributed by atoms with Crippen LogP contribution in [0.5, 0.6) is 0 Å². The summed E-state index contributed by atoms with van der Waals surface area (Å²) in [6, 6.07) is 5.84. The molecule has 0 bridgehead atoms. The Bertz CT molecular complexity index is 493. The second-order valence-electron chi connectivity index (χ2n) is 5.82. The Morgan fingerprint density at radius 1 is 1.33 bits per heavy atom. The average Bonchev–Trinajstić information content (AvgIpc) is 3.08. The lowest BCUT2D eigenvalue weighted by Crippen LogP contribution is -2.45. The molecule has 1 fully saturated rings. The highest BCUT2D eigenvalue weighted by Crippen LogP contribution is 2.23. The standard InChI is InChI=1S/C17H22N2O2/c20-17(14-6-1-2-7-14)19-11-5-9-16(12-19)21-13-15-8-3-4-10-18-15/h1-4,8,10,14,16H,5-7,9,11-13H2. The molecule has 1 saturated heterocycles. The van der Waals surface area contributed by atoms with E-state index in [0.717, 1.165) is 44.5 Å². The highest BCUT2D eigenvalue weighted by Gasteiger charge is 2.29. The van der Waals surface area contributed by atoms with Gasteiger partial charge in [0.2, 0.25) is 5.91 Å². The van der Waals surface area contributed by atoms with Gasteiger partial charge in [-0.2, -0.15) is 0 Å². The van der Waals surface area contributed by atoms with E-state index in [2.05, 4.69) is 17.1 Å². The smallest absolute Gasteiger partial charge is 0.226 e. The largest absolute Gasteiger partial charge is 0.370 e. The second-order valence-corrected chi connectivity index (χ2v) is 5.82. The third-order valence-corrected chi connectivity index (χ3v) is 4.24. The van der Waals surface area contributed by atoms with E-state index in [1.165, 1.54) is 0 Å². The zero-order chi connectivity index (χ0) is 14.5. The van der Waals surface area contributed by atoms with Crippen LogP contribution in [0.25, 0.3) is 0 Å². The molecule has 1 atom stereocenters. The van der Waals surface area contributed by atoms with E-state index < -0.39 is 0 Å².